The summed E-state index contributed by atoms with van der Waals surface area (Å²) in [5.41, 5.74) is 0. The van der Waals surface area contributed by atoms with E-state index in [-0.39, 0.29) is 17.9 Å². The molecule has 1 aromatic rings. The summed E-state index contributed by atoms with van der Waals surface area (Å²) in [7, 11) is 1.52. The molecule has 1 aliphatic rings. The number of nitrogens with zero attached hydrogens (tertiary/aromatic N) is 3. The number of rotatable bonds is 6. The van der Waals surface area contributed by atoms with Crippen LogP contribution in [0.25, 0.3) is 0 Å². The molecule has 0 aromatic carbocycles. The van der Waals surface area contributed by atoms with E-state index in [4.69, 9.17) is 9.47 Å². The third kappa shape index (κ3) is 4.08. The van der Waals surface area contributed by atoms with Crippen LogP contribution < -0.4 is 9.47 Å². The first kappa shape index (κ1) is 16.5. The van der Waals surface area contributed by atoms with Gasteiger partial charge in [0.2, 0.25) is 11.8 Å². The molecule has 1 aliphatic heterocycles. The predicted molar refractivity (Wildman–Crippen MR) is 82.9 cm³/mol. The van der Waals surface area contributed by atoms with Gasteiger partial charge in [-0.3, -0.25) is 4.79 Å². The molecule has 0 saturated carbocycles. The summed E-state index contributed by atoms with van der Waals surface area (Å²) < 4.78 is 10.9. The number of aromatic nitrogens is 2. The van der Waals surface area contributed by atoms with E-state index in [0.29, 0.717) is 18.4 Å². The van der Waals surface area contributed by atoms with Crippen LogP contribution >= 0.6 is 0 Å². The normalized spacial score (nSPS) is 18.4. The molecule has 2 heterocycles. The zero-order valence-corrected chi connectivity index (χ0v) is 13.6. The molecule has 1 atom stereocenters. The van der Waals surface area contributed by atoms with E-state index < -0.39 is 0 Å². The van der Waals surface area contributed by atoms with Gasteiger partial charge in [-0.25, -0.2) is 4.98 Å². The smallest absolute Gasteiger partial charge is 0.319 e. The maximum Gasteiger partial charge on any atom is 0.319 e. The van der Waals surface area contributed by atoms with Crippen molar-refractivity contribution in [3.05, 3.63) is 12.3 Å². The Morgan fingerprint density at radius 3 is 2.91 bits per heavy atom. The zero-order valence-electron chi connectivity index (χ0n) is 13.6. The van der Waals surface area contributed by atoms with Gasteiger partial charge in [0.1, 0.15) is 6.10 Å². The Morgan fingerprint density at radius 1 is 1.45 bits per heavy atom. The summed E-state index contributed by atoms with van der Waals surface area (Å²) in [6, 6.07) is 2.00. The molecule has 0 N–H and O–H groups in total. The standard InChI is InChI=1S/C16H25N3O3/c1-4-12(5-2)15(20)19-10-6-7-13(11-19)22-14-8-9-17-16(18-14)21-3/h8-9,12-13H,4-7,10-11H2,1-3H3. The van der Waals surface area contributed by atoms with E-state index in [2.05, 4.69) is 23.8 Å². The van der Waals surface area contributed by atoms with Gasteiger partial charge in [0.15, 0.2) is 0 Å². The minimum absolute atomic E-state index is 0.0216. The second kappa shape index (κ2) is 7.96. The highest BCUT2D eigenvalue weighted by atomic mass is 16.5. The molecule has 2 rings (SSSR count). The molecule has 1 saturated heterocycles. The molecule has 22 heavy (non-hydrogen) atoms. The Morgan fingerprint density at radius 2 is 2.23 bits per heavy atom. The number of amides is 1. The van der Waals surface area contributed by atoms with Crippen LogP contribution in [-0.2, 0) is 4.79 Å². The van der Waals surface area contributed by atoms with Crippen molar-refractivity contribution in [2.45, 2.75) is 45.6 Å². The van der Waals surface area contributed by atoms with Crippen molar-refractivity contribution in [2.75, 3.05) is 20.2 Å². The van der Waals surface area contributed by atoms with Crippen LogP contribution in [0, 0.1) is 5.92 Å². The van der Waals surface area contributed by atoms with Gasteiger partial charge in [0, 0.05) is 24.7 Å². The van der Waals surface area contributed by atoms with Gasteiger partial charge in [0.25, 0.3) is 0 Å². The van der Waals surface area contributed by atoms with Crippen LogP contribution in [0.5, 0.6) is 11.9 Å². The maximum absolute atomic E-state index is 12.5. The second-order valence-electron chi connectivity index (χ2n) is 5.56. The van der Waals surface area contributed by atoms with Crippen LogP contribution in [-0.4, -0.2) is 47.1 Å². The highest BCUT2D eigenvalue weighted by molar-refractivity contribution is 5.78. The summed E-state index contributed by atoms with van der Waals surface area (Å²) in [4.78, 5) is 22.5. The summed E-state index contributed by atoms with van der Waals surface area (Å²) in [5.74, 6) is 0.866. The largest absolute Gasteiger partial charge is 0.472 e. The first-order chi connectivity index (χ1) is 10.7. The lowest BCUT2D eigenvalue weighted by molar-refractivity contribution is -0.138. The highest BCUT2D eigenvalue weighted by Crippen LogP contribution is 2.20. The number of methoxy groups -OCH3 is 1. The molecule has 6 nitrogen and oxygen atoms in total. The van der Waals surface area contributed by atoms with Crippen molar-refractivity contribution in [1.29, 1.82) is 0 Å². The fourth-order valence-corrected chi connectivity index (χ4v) is 2.79. The summed E-state index contributed by atoms with van der Waals surface area (Å²) in [6.45, 7) is 5.58. The third-order valence-electron chi connectivity index (χ3n) is 4.10. The average Bonchev–Trinajstić information content (AvgIpc) is 2.56. The molecular formula is C16H25N3O3. The molecule has 6 heteroatoms. The first-order valence-electron chi connectivity index (χ1n) is 8.00. The highest BCUT2D eigenvalue weighted by Gasteiger charge is 2.28. The monoisotopic (exact) mass is 307 g/mol. The predicted octanol–water partition coefficient (Wildman–Crippen LogP) is 2.29. The fraction of sp³-hybridized carbons (Fsp3) is 0.688. The topological polar surface area (TPSA) is 64.6 Å². The van der Waals surface area contributed by atoms with Gasteiger partial charge in [-0.1, -0.05) is 13.8 Å². The Bertz CT molecular complexity index is 491. The lowest BCUT2D eigenvalue weighted by Crippen LogP contribution is -2.46. The quantitative estimate of drug-likeness (QED) is 0.807. The fourth-order valence-electron chi connectivity index (χ4n) is 2.79. The van der Waals surface area contributed by atoms with Crippen LogP contribution in [0.15, 0.2) is 12.3 Å². The molecule has 0 radical (unpaired) electrons. The van der Waals surface area contributed by atoms with Crippen LogP contribution in [0.2, 0.25) is 0 Å². The van der Waals surface area contributed by atoms with Crippen molar-refractivity contribution >= 4 is 5.91 Å². The minimum atomic E-state index is -0.0216. The lowest BCUT2D eigenvalue weighted by atomic mass is 9.99. The van der Waals surface area contributed by atoms with Gasteiger partial charge in [-0.05, 0) is 25.7 Å². The zero-order chi connectivity index (χ0) is 15.9. The molecule has 0 spiro atoms. The van der Waals surface area contributed by atoms with E-state index in [9.17, 15) is 4.79 Å². The Hall–Kier alpha value is -1.85. The lowest BCUT2D eigenvalue weighted by Gasteiger charge is -2.34. The number of carbonyl (C=O) groups excluding carboxylic acids is 1. The van der Waals surface area contributed by atoms with Crippen molar-refractivity contribution in [3.8, 4) is 11.9 Å². The Labute approximate surface area is 131 Å². The minimum Gasteiger partial charge on any atom is -0.472 e. The van der Waals surface area contributed by atoms with Crippen LogP contribution in [0.4, 0.5) is 0 Å². The third-order valence-corrected chi connectivity index (χ3v) is 4.10. The average molecular weight is 307 g/mol. The number of carbonyl (C=O) groups is 1. The van der Waals surface area contributed by atoms with Crippen LogP contribution in [0.1, 0.15) is 39.5 Å². The van der Waals surface area contributed by atoms with Gasteiger partial charge in [-0.2, -0.15) is 4.98 Å². The molecule has 0 bridgehead atoms. The molecular weight excluding hydrogens is 282 g/mol. The van der Waals surface area contributed by atoms with Gasteiger partial charge in [-0.15, -0.1) is 0 Å². The van der Waals surface area contributed by atoms with E-state index in [1.807, 2.05) is 4.90 Å². The molecule has 122 valence electrons. The number of piperidine rings is 1. The summed E-state index contributed by atoms with van der Waals surface area (Å²) in [5, 5.41) is 0. The number of hydrogen-bond acceptors (Lipinski definition) is 5. The Kier molecular flexibility index (Phi) is 5.98. The molecule has 1 aromatic heterocycles. The Balaban J connectivity index is 1.96. The van der Waals surface area contributed by atoms with Crippen molar-refractivity contribution < 1.29 is 14.3 Å². The van der Waals surface area contributed by atoms with Gasteiger partial charge in [0.05, 0.1) is 13.7 Å². The van der Waals surface area contributed by atoms with E-state index in [1.54, 1.807) is 12.3 Å². The molecule has 1 unspecified atom stereocenters. The van der Waals surface area contributed by atoms with Crippen molar-refractivity contribution in [1.82, 2.24) is 14.9 Å². The molecule has 0 aliphatic carbocycles. The van der Waals surface area contributed by atoms with Gasteiger partial charge < -0.3 is 14.4 Å². The molecule has 1 amide bonds. The van der Waals surface area contributed by atoms with E-state index in [1.165, 1.54) is 7.11 Å². The number of hydrogen-bond donors (Lipinski definition) is 0. The maximum atomic E-state index is 12.5. The number of ether oxygens (including phenoxy) is 2. The van der Waals surface area contributed by atoms with Crippen molar-refractivity contribution in [2.24, 2.45) is 5.92 Å². The van der Waals surface area contributed by atoms with Crippen molar-refractivity contribution in [3.63, 3.8) is 0 Å². The number of likely N-dealkylation sites (tertiary alicyclic amines) is 1. The van der Waals surface area contributed by atoms with Crippen LogP contribution in [0.3, 0.4) is 0 Å². The summed E-state index contributed by atoms with van der Waals surface area (Å²) >= 11 is 0. The summed E-state index contributed by atoms with van der Waals surface area (Å²) in [6.07, 6.45) is 5.25. The first-order valence-corrected chi connectivity index (χ1v) is 8.00. The second-order valence-corrected chi connectivity index (χ2v) is 5.56. The van der Waals surface area contributed by atoms with E-state index >= 15 is 0 Å². The SMILES string of the molecule is CCC(CC)C(=O)N1CCCC(Oc2ccnc(OC)n2)C1. The van der Waals surface area contributed by atoms with Gasteiger partial charge >= 0.3 is 6.01 Å². The molecule has 1 fully saturated rings. The van der Waals surface area contributed by atoms with E-state index in [0.717, 1.165) is 32.2 Å².